The maximum atomic E-state index is 9.44. The van der Waals surface area contributed by atoms with E-state index < -0.39 is 24.6 Å². The molecule has 5 heteroatoms. The molecule has 14 heavy (non-hydrogen) atoms. The van der Waals surface area contributed by atoms with Crippen LogP contribution < -0.4 is 0 Å². The van der Waals surface area contributed by atoms with Gasteiger partial charge in [-0.1, -0.05) is 0 Å². The Morgan fingerprint density at radius 2 is 2.07 bits per heavy atom. The quantitative estimate of drug-likeness (QED) is 0.565. The van der Waals surface area contributed by atoms with E-state index in [1.807, 2.05) is 13.8 Å². The fourth-order valence-electron chi connectivity index (χ4n) is 1.46. The topological polar surface area (TPSA) is 79.2 Å². The van der Waals surface area contributed by atoms with Crippen molar-refractivity contribution < 1.29 is 24.8 Å². The maximum Gasteiger partial charge on any atom is 0.161 e. The highest BCUT2D eigenvalue weighted by Gasteiger charge is 2.36. The van der Waals surface area contributed by atoms with Crippen LogP contribution in [0.2, 0.25) is 0 Å². The molecule has 1 aliphatic heterocycles. The van der Waals surface area contributed by atoms with Crippen molar-refractivity contribution in [3.8, 4) is 0 Å². The van der Waals surface area contributed by atoms with E-state index in [1.54, 1.807) is 0 Å². The van der Waals surface area contributed by atoms with Gasteiger partial charge in [-0.25, -0.2) is 0 Å². The summed E-state index contributed by atoms with van der Waals surface area (Å²) in [5, 5.41) is 27.7. The SMILES string of the molecule is CC(C)O[C@H]1C[C@@H](O)[C@@H](O)[C@@H](CO)O1. The zero-order chi connectivity index (χ0) is 10.7. The molecular formula is C9H18O5. The second-order valence-electron chi connectivity index (χ2n) is 3.77. The van der Waals surface area contributed by atoms with Crippen molar-refractivity contribution in [3.05, 3.63) is 0 Å². The molecule has 1 rings (SSSR count). The summed E-state index contributed by atoms with van der Waals surface area (Å²) in [5.74, 6) is 0. The molecule has 3 N–H and O–H groups in total. The molecule has 0 bridgehead atoms. The lowest BCUT2D eigenvalue weighted by Gasteiger charge is -2.36. The van der Waals surface area contributed by atoms with E-state index in [-0.39, 0.29) is 19.1 Å². The predicted octanol–water partition coefficient (Wildman–Crippen LogP) is -0.760. The molecule has 1 fully saturated rings. The molecule has 0 amide bonds. The highest BCUT2D eigenvalue weighted by atomic mass is 16.7. The Morgan fingerprint density at radius 3 is 2.57 bits per heavy atom. The molecule has 0 aromatic heterocycles. The van der Waals surface area contributed by atoms with E-state index in [2.05, 4.69) is 0 Å². The summed E-state index contributed by atoms with van der Waals surface area (Å²) >= 11 is 0. The van der Waals surface area contributed by atoms with Gasteiger partial charge < -0.3 is 24.8 Å². The van der Waals surface area contributed by atoms with Gasteiger partial charge in [-0.3, -0.25) is 0 Å². The second kappa shape index (κ2) is 5.04. The molecule has 4 atom stereocenters. The van der Waals surface area contributed by atoms with Gasteiger partial charge in [-0.2, -0.15) is 0 Å². The molecule has 0 aromatic carbocycles. The summed E-state index contributed by atoms with van der Waals surface area (Å²) in [6, 6.07) is 0. The smallest absolute Gasteiger partial charge is 0.161 e. The Morgan fingerprint density at radius 1 is 1.43 bits per heavy atom. The van der Waals surface area contributed by atoms with Crippen LogP contribution in [-0.2, 0) is 9.47 Å². The van der Waals surface area contributed by atoms with Crippen molar-refractivity contribution in [2.75, 3.05) is 6.61 Å². The number of hydrogen-bond acceptors (Lipinski definition) is 5. The van der Waals surface area contributed by atoms with E-state index in [0.717, 1.165) is 0 Å². The normalized spacial score (nSPS) is 39.0. The Bertz CT molecular complexity index is 173. The Hall–Kier alpha value is -0.200. The first-order chi connectivity index (χ1) is 6.54. The van der Waals surface area contributed by atoms with E-state index in [0.29, 0.717) is 0 Å². The van der Waals surface area contributed by atoms with Gasteiger partial charge in [-0.05, 0) is 13.8 Å². The number of ether oxygens (including phenoxy) is 2. The molecule has 0 aromatic rings. The zero-order valence-corrected chi connectivity index (χ0v) is 8.46. The number of rotatable bonds is 3. The van der Waals surface area contributed by atoms with E-state index in [9.17, 15) is 10.2 Å². The molecule has 0 saturated carbocycles. The summed E-state index contributed by atoms with van der Waals surface area (Å²) in [5.41, 5.74) is 0. The van der Waals surface area contributed by atoms with E-state index in [1.165, 1.54) is 0 Å². The van der Waals surface area contributed by atoms with Crippen LogP contribution in [0.3, 0.4) is 0 Å². The van der Waals surface area contributed by atoms with Gasteiger partial charge >= 0.3 is 0 Å². The molecule has 1 heterocycles. The van der Waals surface area contributed by atoms with Crippen LogP contribution >= 0.6 is 0 Å². The molecule has 1 saturated heterocycles. The third kappa shape index (κ3) is 2.90. The molecule has 5 nitrogen and oxygen atoms in total. The Kier molecular flexibility index (Phi) is 4.28. The van der Waals surface area contributed by atoms with Gasteiger partial charge in [0.2, 0.25) is 0 Å². The van der Waals surface area contributed by atoms with Gasteiger partial charge in [0.05, 0.1) is 18.8 Å². The summed E-state index contributed by atoms with van der Waals surface area (Å²) in [4.78, 5) is 0. The predicted molar refractivity (Wildman–Crippen MR) is 48.6 cm³/mol. The number of aliphatic hydroxyl groups is 3. The fraction of sp³-hybridized carbons (Fsp3) is 1.00. The lowest BCUT2D eigenvalue weighted by molar-refractivity contribution is -0.265. The van der Waals surface area contributed by atoms with Crippen molar-refractivity contribution in [1.82, 2.24) is 0 Å². The third-order valence-corrected chi connectivity index (χ3v) is 2.14. The first-order valence-electron chi connectivity index (χ1n) is 4.82. The van der Waals surface area contributed by atoms with Gasteiger partial charge in [0, 0.05) is 6.42 Å². The van der Waals surface area contributed by atoms with Crippen LogP contribution in [0.1, 0.15) is 20.3 Å². The first-order valence-corrected chi connectivity index (χ1v) is 4.82. The van der Waals surface area contributed by atoms with Gasteiger partial charge in [0.15, 0.2) is 6.29 Å². The van der Waals surface area contributed by atoms with Crippen LogP contribution in [0, 0.1) is 0 Å². The fourth-order valence-corrected chi connectivity index (χ4v) is 1.46. The van der Waals surface area contributed by atoms with Gasteiger partial charge in [0.25, 0.3) is 0 Å². The molecule has 0 aliphatic carbocycles. The minimum atomic E-state index is -1.04. The zero-order valence-electron chi connectivity index (χ0n) is 8.46. The molecule has 0 radical (unpaired) electrons. The highest BCUT2D eigenvalue weighted by Crippen LogP contribution is 2.21. The Labute approximate surface area is 83.3 Å². The third-order valence-electron chi connectivity index (χ3n) is 2.14. The monoisotopic (exact) mass is 206 g/mol. The van der Waals surface area contributed by atoms with Crippen LogP contribution in [0.4, 0.5) is 0 Å². The highest BCUT2D eigenvalue weighted by molar-refractivity contribution is 4.82. The average Bonchev–Trinajstić information content (AvgIpc) is 2.10. The van der Waals surface area contributed by atoms with Crippen LogP contribution in [0.5, 0.6) is 0 Å². The van der Waals surface area contributed by atoms with Gasteiger partial charge in [-0.15, -0.1) is 0 Å². The molecule has 0 spiro atoms. The van der Waals surface area contributed by atoms with Crippen molar-refractivity contribution in [2.45, 2.75) is 51.0 Å². The summed E-state index contributed by atoms with van der Waals surface area (Å²) in [6.45, 7) is 3.39. The molecular weight excluding hydrogens is 188 g/mol. The first kappa shape index (κ1) is 11.9. The van der Waals surface area contributed by atoms with Crippen molar-refractivity contribution in [3.63, 3.8) is 0 Å². The number of aliphatic hydroxyl groups excluding tert-OH is 3. The van der Waals surface area contributed by atoms with Crippen LogP contribution in [-0.4, -0.2) is 52.6 Å². The van der Waals surface area contributed by atoms with Crippen molar-refractivity contribution in [2.24, 2.45) is 0 Å². The van der Waals surface area contributed by atoms with Crippen LogP contribution in [0.25, 0.3) is 0 Å². The average molecular weight is 206 g/mol. The summed E-state index contributed by atoms with van der Waals surface area (Å²) in [7, 11) is 0. The van der Waals surface area contributed by atoms with Crippen molar-refractivity contribution >= 4 is 0 Å². The van der Waals surface area contributed by atoms with Gasteiger partial charge in [0.1, 0.15) is 12.2 Å². The molecule has 0 unspecified atom stereocenters. The summed E-state index contributed by atoms with van der Waals surface area (Å²) in [6.07, 6.45) is -3.03. The summed E-state index contributed by atoms with van der Waals surface area (Å²) < 4.78 is 10.6. The number of hydrogen-bond donors (Lipinski definition) is 3. The largest absolute Gasteiger partial charge is 0.394 e. The van der Waals surface area contributed by atoms with E-state index in [4.69, 9.17) is 14.6 Å². The molecule has 84 valence electrons. The minimum Gasteiger partial charge on any atom is -0.394 e. The minimum absolute atomic E-state index is 0.0122. The standard InChI is InChI=1S/C9H18O5/c1-5(2)13-8-3-6(11)9(12)7(4-10)14-8/h5-12H,3-4H2,1-2H3/t6-,7-,8-,9-/m1/s1. The maximum absolute atomic E-state index is 9.44. The van der Waals surface area contributed by atoms with E-state index >= 15 is 0 Å². The second-order valence-corrected chi connectivity index (χ2v) is 3.77. The lowest BCUT2D eigenvalue weighted by Crippen LogP contribution is -2.50. The van der Waals surface area contributed by atoms with Crippen LogP contribution in [0.15, 0.2) is 0 Å². The Balaban J connectivity index is 2.49. The lowest BCUT2D eigenvalue weighted by atomic mass is 10.0. The molecule has 1 aliphatic rings. The van der Waals surface area contributed by atoms with Crippen molar-refractivity contribution in [1.29, 1.82) is 0 Å².